The molecule has 1 heterocycles. The summed E-state index contributed by atoms with van der Waals surface area (Å²) >= 11 is 9.40. The van der Waals surface area contributed by atoms with Crippen LogP contribution in [0.5, 0.6) is 0 Å². The van der Waals surface area contributed by atoms with E-state index >= 15 is 0 Å². The van der Waals surface area contributed by atoms with Crippen LogP contribution in [-0.4, -0.2) is 31.1 Å². The summed E-state index contributed by atoms with van der Waals surface area (Å²) in [4.78, 5) is 2.33. The van der Waals surface area contributed by atoms with E-state index < -0.39 is 0 Å². The number of rotatable bonds is 2. The van der Waals surface area contributed by atoms with E-state index in [-0.39, 0.29) is 0 Å². The van der Waals surface area contributed by atoms with Crippen molar-refractivity contribution >= 4 is 33.2 Å². The molecule has 4 heteroatoms. The summed E-state index contributed by atoms with van der Waals surface area (Å²) in [7, 11) is 2.15. The lowest BCUT2D eigenvalue weighted by Gasteiger charge is -2.15. The van der Waals surface area contributed by atoms with Crippen LogP contribution in [0.25, 0.3) is 0 Å². The minimum Gasteiger partial charge on any atom is -0.380 e. The average molecular weight is 290 g/mol. The van der Waals surface area contributed by atoms with Gasteiger partial charge < -0.3 is 10.2 Å². The van der Waals surface area contributed by atoms with E-state index in [1.54, 1.807) is 0 Å². The summed E-state index contributed by atoms with van der Waals surface area (Å²) in [6, 6.07) is 6.40. The number of hydrogen-bond acceptors (Lipinski definition) is 2. The molecule has 1 N–H and O–H groups in total. The Morgan fingerprint density at radius 1 is 1.53 bits per heavy atom. The molecule has 0 amide bonds. The molecule has 0 saturated carbocycles. The fourth-order valence-electron chi connectivity index (χ4n) is 1.88. The molecular formula is C11H14BrClN2. The van der Waals surface area contributed by atoms with Gasteiger partial charge in [0.05, 0.1) is 0 Å². The lowest BCUT2D eigenvalue weighted by molar-refractivity contribution is 0.414. The van der Waals surface area contributed by atoms with Gasteiger partial charge in [0, 0.05) is 27.8 Å². The zero-order valence-electron chi connectivity index (χ0n) is 8.63. The predicted molar refractivity (Wildman–Crippen MR) is 68.7 cm³/mol. The maximum absolute atomic E-state index is 5.89. The molecule has 1 unspecified atom stereocenters. The average Bonchev–Trinajstić information content (AvgIpc) is 2.56. The van der Waals surface area contributed by atoms with Crippen molar-refractivity contribution in [2.45, 2.75) is 12.5 Å². The van der Waals surface area contributed by atoms with Gasteiger partial charge in [-0.3, -0.25) is 0 Å². The fourth-order valence-corrected chi connectivity index (χ4v) is 2.68. The second-order valence-electron chi connectivity index (χ2n) is 4.02. The van der Waals surface area contributed by atoms with Crippen molar-refractivity contribution in [1.82, 2.24) is 4.90 Å². The van der Waals surface area contributed by atoms with Crippen molar-refractivity contribution in [3.8, 4) is 0 Å². The van der Waals surface area contributed by atoms with Crippen LogP contribution in [0, 0.1) is 0 Å². The third-order valence-electron chi connectivity index (χ3n) is 2.68. The molecule has 1 aromatic carbocycles. The number of hydrogen-bond donors (Lipinski definition) is 1. The highest BCUT2D eigenvalue weighted by Gasteiger charge is 2.19. The molecule has 82 valence electrons. The number of nitrogens with one attached hydrogen (secondary N) is 1. The highest BCUT2D eigenvalue weighted by atomic mass is 79.9. The number of likely N-dealkylation sites (N-methyl/N-ethyl adjacent to an activating group) is 1. The Morgan fingerprint density at radius 3 is 2.93 bits per heavy atom. The van der Waals surface area contributed by atoms with Crippen molar-refractivity contribution in [2.75, 3.05) is 25.5 Å². The SMILES string of the molecule is CN1CCC(Nc2ccc(Cl)cc2Br)C1. The Morgan fingerprint density at radius 2 is 2.33 bits per heavy atom. The molecule has 1 aliphatic heterocycles. The zero-order valence-corrected chi connectivity index (χ0v) is 11.0. The van der Waals surface area contributed by atoms with Crippen molar-refractivity contribution in [3.63, 3.8) is 0 Å². The summed E-state index contributed by atoms with van der Waals surface area (Å²) in [6.07, 6.45) is 1.20. The normalized spacial score (nSPS) is 21.9. The summed E-state index contributed by atoms with van der Waals surface area (Å²) in [5.74, 6) is 0. The van der Waals surface area contributed by atoms with Gasteiger partial charge in [0.2, 0.25) is 0 Å². The molecule has 2 rings (SSSR count). The quantitative estimate of drug-likeness (QED) is 0.899. The van der Waals surface area contributed by atoms with Crippen molar-refractivity contribution in [2.24, 2.45) is 0 Å². The Hall–Kier alpha value is -0.250. The minimum absolute atomic E-state index is 0.549. The molecule has 0 bridgehead atoms. The van der Waals surface area contributed by atoms with Gasteiger partial charge in [-0.2, -0.15) is 0 Å². The molecule has 1 saturated heterocycles. The summed E-state index contributed by atoms with van der Waals surface area (Å²) in [5.41, 5.74) is 1.12. The molecule has 15 heavy (non-hydrogen) atoms. The zero-order chi connectivity index (χ0) is 10.8. The smallest absolute Gasteiger partial charge is 0.0488 e. The van der Waals surface area contributed by atoms with Crippen LogP contribution in [0.3, 0.4) is 0 Å². The van der Waals surface area contributed by atoms with Crippen LogP contribution in [0.2, 0.25) is 5.02 Å². The second-order valence-corrected chi connectivity index (χ2v) is 5.31. The Balaban J connectivity index is 2.04. The van der Waals surface area contributed by atoms with E-state index in [1.165, 1.54) is 13.0 Å². The Labute approximate surface area is 104 Å². The molecule has 1 aromatic rings. The van der Waals surface area contributed by atoms with E-state index in [4.69, 9.17) is 11.6 Å². The molecular weight excluding hydrogens is 275 g/mol. The third kappa shape index (κ3) is 2.86. The van der Waals surface area contributed by atoms with Crippen LogP contribution < -0.4 is 5.32 Å². The van der Waals surface area contributed by atoms with E-state index in [0.29, 0.717) is 6.04 Å². The maximum Gasteiger partial charge on any atom is 0.0488 e. The number of halogens is 2. The lowest BCUT2D eigenvalue weighted by Crippen LogP contribution is -2.23. The van der Waals surface area contributed by atoms with Gasteiger partial charge in [0.15, 0.2) is 0 Å². The number of benzene rings is 1. The molecule has 0 spiro atoms. The standard InChI is InChI=1S/C11H14BrClN2/c1-15-5-4-9(7-15)14-11-3-2-8(13)6-10(11)12/h2-3,6,9,14H,4-5,7H2,1H3. The first-order chi connectivity index (χ1) is 7.15. The van der Waals surface area contributed by atoms with Gasteiger partial charge >= 0.3 is 0 Å². The van der Waals surface area contributed by atoms with Gasteiger partial charge in [-0.05, 0) is 54.1 Å². The van der Waals surface area contributed by atoms with Crippen molar-refractivity contribution < 1.29 is 0 Å². The molecule has 1 fully saturated rings. The Kier molecular flexibility index (Phi) is 3.54. The Bertz CT molecular complexity index is 356. The molecule has 1 atom stereocenters. The first-order valence-electron chi connectivity index (χ1n) is 5.05. The highest BCUT2D eigenvalue weighted by Crippen LogP contribution is 2.27. The van der Waals surface area contributed by atoms with Gasteiger partial charge in [0.25, 0.3) is 0 Å². The largest absolute Gasteiger partial charge is 0.380 e. The van der Waals surface area contributed by atoms with Gasteiger partial charge in [0.1, 0.15) is 0 Å². The predicted octanol–water partition coefficient (Wildman–Crippen LogP) is 3.22. The van der Waals surface area contributed by atoms with E-state index in [2.05, 4.69) is 33.2 Å². The second kappa shape index (κ2) is 4.73. The maximum atomic E-state index is 5.89. The van der Waals surface area contributed by atoms with Crippen LogP contribution >= 0.6 is 27.5 Å². The third-order valence-corrected chi connectivity index (χ3v) is 3.57. The summed E-state index contributed by atoms with van der Waals surface area (Å²) in [6.45, 7) is 2.28. The lowest BCUT2D eigenvalue weighted by atomic mass is 10.2. The molecule has 0 aliphatic carbocycles. The monoisotopic (exact) mass is 288 g/mol. The summed E-state index contributed by atoms with van der Waals surface area (Å²) in [5, 5.41) is 4.28. The van der Waals surface area contributed by atoms with Crippen molar-refractivity contribution in [1.29, 1.82) is 0 Å². The molecule has 2 nitrogen and oxygen atoms in total. The van der Waals surface area contributed by atoms with Gasteiger partial charge in [-0.25, -0.2) is 0 Å². The number of anilines is 1. The van der Waals surface area contributed by atoms with E-state index in [1.807, 2.05) is 18.2 Å². The summed E-state index contributed by atoms with van der Waals surface area (Å²) < 4.78 is 1.03. The number of nitrogens with zero attached hydrogens (tertiary/aromatic N) is 1. The van der Waals surface area contributed by atoms with E-state index in [0.717, 1.165) is 21.7 Å². The van der Waals surface area contributed by atoms with Gasteiger partial charge in [-0.15, -0.1) is 0 Å². The molecule has 0 radical (unpaired) electrons. The van der Waals surface area contributed by atoms with Crippen molar-refractivity contribution in [3.05, 3.63) is 27.7 Å². The van der Waals surface area contributed by atoms with Crippen LogP contribution in [0.4, 0.5) is 5.69 Å². The minimum atomic E-state index is 0.549. The van der Waals surface area contributed by atoms with Crippen LogP contribution in [0.15, 0.2) is 22.7 Å². The fraction of sp³-hybridized carbons (Fsp3) is 0.455. The van der Waals surface area contributed by atoms with E-state index in [9.17, 15) is 0 Å². The topological polar surface area (TPSA) is 15.3 Å². The first-order valence-corrected chi connectivity index (χ1v) is 6.22. The molecule has 0 aromatic heterocycles. The first kappa shape index (κ1) is 11.2. The number of likely N-dealkylation sites (tertiary alicyclic amines) is 1. The van der Waals surface area contributed by atoms with Gasteiger partial charge in [-0.1, -0.05) is 11.6 Å². The molecule has 1 aliphatic rings. The highest BCUT2D eigenvalue weighted by molar-refractivity contribution is 9.10. The van der Waals surface area contributed by atoms with Crippen LogP contribution in [0.1, 0.15) is 6.42 Å². The van der Waals surface area contributed by atoms with Crippen LogP contribution in [-0.2, 0) is 0 Å².